The maximum absolute atomic E-state index is 13.4. The molecule has 218 valence electrons. The molecule has 0 unspecified atom stereocenters. The van der Waals surface area contributed by atoms with Gasteiger partial charge in [0.1, 0.15) is 0 Å². The van der Waals surface area contributed by atoms with Gasteiger partial charge < -0.3 is 10.6 Å². The minimum absolute atomic E-state index is 0.0199. The third kappa shape index (κ3) is 7.21. The van der Waals surface area contributed by atoms with Gasteiger partial charge >= 0.3 is 0 Å². The van der Waals surface area contributed by atoms with Crippen molar-refractivity contribution in [2.45, 2.75) is 11.8 Å². The Morgan fingerprint density at radius 1 is 0.698 bits per heavy atom. The summed E-state index contributed by atoms with van der Waals surface area (Å²) in [5.41, 5.74) is 2.65. The van der Waals surface area contributed by atoms with Gasteiger partial charge in [-0.3, -0.25) is 14.4 Å². The first-order chi connectivity index (χ1) is 20.6. The third-order valence-electron chi connectivity index (χ3n) is 6.54. The molecular weight excluding hydrogens is 562 g/mol. The summed E-state index contributed by atoms with van der Waals surface area (Å²) in [5.74, 6) is -1.29. The van der Waals surface area contributed by atoms with Gasteiger partial charge in [0, 0.05) is 29.8 Å². The van der Waals surface area contributed by atoms with Crippen molar-refractivity contribution in [2.24, 2.45) is 0 Å². The predicted octanol–water partition coefficient (Wildman–Crippen LogP) is 6.09. The second kappa shape index (κ2) is 13.7. The molecule has 0 saturated heterocycles. The van der Waals surface area contributed by atoms with E-state index >= 15 is 0 Å². The molecule has 0 aliphatic carbocycles. The molecule has 0 fully saturated rings. The molecule has 0 spiro atoms. The van der Waals surface area contributed by atoms with E-state index in [4.69, 9.17) is 0 Å². The van der Waals surface area contributed by atoms with Crippen LogP contribution in [0.4, 0.5) is 11.4 Å². The lowest BCUT2D eigenvalue weighted by Crippen LogP contribution is -2.31. The van der Waals surface area contributed by atoms with Crippen LogP contribution in [0.5, 0.6) is 0 Å². The smallest absolute Gasteiger partial charge is 0.257 e. The lowest BCUT2D eigenvalue weighted by atomic mass is 9.99. The zero-order valence-corrected chi connectivity index (χ0v) is 24.4. The van der Waals surface area contributed by atoms with Crippen LogP contribution in [0.15, 0.2) is 127 Å². The van der Waals surface area contributed by atoms with Crippen molar-refractivity contribution in [3.63, 3.8) is 0 Å². The van der Waals surface area contributed by atoms with E-state index in [9.17, 15) is 22.8 Å². The lowest BCUT2D eigenvalue weighted by Gasteiger charge is -2.19. The number of para-hydroxylation sites is 1. The van der Waals surface area contributed by atoms with E-state index in [2.05, 4.69) is 23.8 Å². The molecular formula is C34H31N3O5S. The van der Waals surface area contributed by atoms with Gasteiger partial charge in [0.25, 0.3) is 11.8 Å². The number of nitrogens with one attached hydrogen (secondary N) is 2. The average Bonchev–Trinajstić information content (AvgIpc) is 3.02. The topological polar surface area (TPSA) is 113 Å². The van der Waals surface area contributed by atoms with Crippen molar-refractivity contribution in [3.8, 4) is 0 Å². The van der Waals surface area contributed by atoms with Crippen LogP contribution in [-0.2, 0) is 10.0 Å². The Balaban J connectivity index is 1.54. The van der Waals surface area contributed by atoms with E-state index in [1.54, 1.807) is 66.7 Å². The van der Waals surface area contributed by atoms with Gasteiger partial charge in [-0.05, 0) is 55.5 Å². The number of ketones is 1. The Hall–Kier alpha value is -5.12. The summed E-state index contributed by atoms with van der Waals surface area (Å²) in [7, 11) is -3.82. The number of carbonyl (C=O) groups excluding carboxylic acids is 3. The number of amides is 2. The minimum atomic E-state index is -3.82. The Kier molecular flexibility index (Phi) is 9.82. The van der Waals surface area contributed by atoms with Crippen LogP contribution in [0.2, 0.25) is 0 Å². The summed E-state index contributed by atoms with van der Waals surface area (Å²) >= 11 is 0. The van der Waals surface area contributed by atoms with Gasteiger partial charge in [-0.2, -0.15) is 4.31 Å². The number of hydrogen-bond acceptors (Lipinski definition) is 5. The van der Waals surface area contributed by atoms with Crippen LogP contribution in [0, 0.1) is 6.92 Å². The van der Waals surface area contributed by atoms with Crippen molar-refractivity contribution < 1.29 is 22.8 Å². The molecule has 2 N–H and O–H groups in total. The second-order valence-corrected chi connectivity index (χ2v) is 11.6. The van der Waals surface area contributed by atoms with E-state index in [-0.39, 0.29) is 40.6 Å². The Morgan fingerprint density at radius 2 is 1.28 bits per heavy atom. The van der Waals surface area contributed by atoms with Crippen molar-refractivity contribution in [2.75, 3.05) is 23.7 Å². The highest BCUT2D eigenvalue weighted by Gasteiger charge is 2.23. The van der Waals surface area contributed by atoms with Crippen LogP contribution in [0.25, 0.3) is 0 Å². The fraction of sp³-hybridized carbons (Fsp3) is 0.0882. The molecule has 0 saturated carbocycles. The summed E-state index contributed by atoms with van der Waals surface area (Å²) in [4.78, 5) is 39.8. The molecule has 2 amide bonds. The summed E-state index contributed by atoms with van der Waals surface area (Å²) in [6.07, 6.45) is 2.97. The molecule has 0 heterocycles. The first-order valence-corrected chi connectivity index (χ1v) is 14.8. The van der Waals surface area contributed by atoms with Crippen molar-refractivity contribution in [3.05, 3.63) is 150 Å². The molecule has 4 rings (SSSR count). The summed E-state index contributed by atoms with van der Waals surface area (Å²) < 4.78 is 27.2. The molecule has 8 nitrogen and oxygen atoms in total. The van der Waals surface area contributed by atoms with Gasteiger partial charge in [0.2, 0.25) is 10.0 Å². The van der Waals surface area contributed by atoms with E-state index in [1.807, 2.05) is 13.0 Å². The van der Waals surface area contributed by atoms with Gasteiger partial charge in [-0.25, -0.2) is 8.42 Å². The summed E-state index contributed by atoms with van der Waals surface area (Å²) in [6.45, 7) is 9.28. The van der Waals surface area contributed by atoms with Crippen LogP contribution >= 0.6 is 0 Å². The normalized spacial score (nSPS) is 11.0. The predicted molar refractivity (Wildman–Crippen MR) is 169 cm³/mol. The fourth-order valence-corrected chi connectivity index (χ4v) is 5.74. The molecule has 0 aromatic heterocycles. The molecule has 0 radical (unpaired) electrons. The van der Waals surface area contributed by atoms with E-state index in [0.717, 1.165) is 5.56 Å². The first kappa shape index (κ1) is 30.8. The fourth-order valence-electron chi connectivity index (χ4n) is 4.36. The summed E-state index contributed by atoms with van der Waals surface area (Å²) in [5, 5.41) is 5.55. The molecule has 0 aliphatic rings. The largest absolute Gasteiger partial charge is 0.321 e. The highest BCUT2D eigenvalue weighted by Crippen LogP contribution is 2.24. The quantitative estimate of drug-likeness (QED) is 0.152. The van der Waals surface area contributed by atoms with Gasteiger partial charge in [-0.1, -0.05) is 66.2 Å². The number of hydrogen-bond donors (Lipinski definition) is 2. The number of benzene rings is 4. The minimum Gasteiger partial charge on any atom is -0.321 e. The lowest BCUT2D eigenvalue weighted by molar-refractivity contribution is 0.102. The maximum atomic E-state index is 13.4. The zero-order chi connectivity index (χ0) is 31.0. The van der Waals surface area contributed by atoms with Crippen LogP contribution in [-0.4, -0.2) is 43.4 Å². The van der Waals surface area contributed by atoms with Gasteiger partial charge in [-0.15, -0.1) is 13.2 Å². The van der Waals surface area contributed by atoms with Crippen molar-refractivity contribution in [1.82, 2.24) is 4.31 Å². The van der Waals surface area contributed by atoms with Crippen molar-refractivity contribution in [1.29, 1.82) is 0 Å². The number of carbonyl (C=O) groups is 3. The zero-order valence-electron chi connectivity index (χ0n) is 23.6. The number of nitrogens with zero attached hydrogens (tertiary/aromatic N) is 1. The number of sulfonamides is 1. The molecule has 0 bridgehead atoms. The standard InChI is InChI=1S/C34H31N3O5S/c1-4-21-37(22-5-2)43(41,42)27-18-16-26(17-19-27)33(39)35-30-14-10-9-13-28(30)34(40)36-31-20-15-24(3)23-29(31)32(38)25-11-7-6-8-12-25/h4-20,23H,1-2,21-22H2,3H3,(H,35,39)(H,36,40). The molecule has 4 aromatic rings. The Bertz CT molecular complexity index is 1770. The van der Waals surface area contributed by atoms with Crippen LogP contribution in [0.3, 0.4) is 0 Å². The van der Waals surface area contributed by atoms with Gasteiger partial charge in [0.15, 0.2) is 5.78 Å². The van der Waals surface area contributed by atoms with E-state index in [1.165, 1.54) is 40.7 Å². The average molecular weight is 594 g/mol. The third-order valence-corrected chi connectivity index (χ3v) is 8.39. The molecule has 0 atom stereocenters. The first-order valence-electron chi connectivity index (χ1n) is 13.4. The second-order valence-electron chi connectivity index (χ2n) is 9.62. The monoisotopic (exact) mass is 593 g/mol. The van der Waals surface area contributed by atoms with E-state index < -0.39 is 21.8 Å². The van der Waals surface area contributed by atoms with E-state index in [0.29, 0.717) is 16.8 Å². The molecule has 43 heavy (non-hydrogen) atoms. The number of rotatable bonds is 12. The Labute approximate surface area is 251 Å². The number of aryl methyl sites for hydroxylation is 1. The van der Waals surface area contributed by atoms with Crippen molar-refractivity contribution >= 4 is 39.0 Å². The molecule has 4 aromatic carbocycles. The Morgan fingerprint density at radius 3 is 1.93 bits per heavy atom. The number of anilines is 2. The summed E-state index contributed by atoms with van der Waals surface area (Å²) in [6, 6.07) is 25.9. The van der Waals surface area contributed by atoms with Gasteiger partial charge in [0.05, 0.1) is 21.8 Å². The van der Waals surface area contributed by atoms with Crippen LogP contribution in [0.1, 0.15) is 42.2 Å². The highest BCUT2D eigenvalue weighted by molar-refractivity contribution is 7.89. The molecule has 0 aliphatic heterocycles. The SMILES string of the molecule is C=CCN(CC=C)S(=O)(=O)c1ccc(C(=O)Nc2ccccc2C(=O)Nc2ccc(C)cc2C(=O)c2ccccc2)cc1. The molecule has 9 heteroatoms. The maximum Gasteiger partial charge on any atom is 0.257 e. The van der Waals surface area contributed by atoms with Crippen LogP contribution < -0.4 is 10.6 Å². The highest BCUT2D eigenvalue weighted by atomic mass is 32.2.